The van der Waals surface area contributed by atoms with Crippen LogP contribution in [0.5, 0.6) is 5.75 Å². The van der Waals surface area contributed by atoms with Crippen molar-refractivity contribution in [1.29, 1.82) is 0 Å². The Balaban J connectivity index is 1.99. The first-order valence-electron chi connectivity index (χ1n) is 6.09. The predicted octanol–water partition coefficient (Wildman–Crippen LogP) is 1.64. The van der Waals surface area contributed by atoms with Crippen LogP contribution in [0, 0.1) is 5.82 Å². The lowest BCUT2D eigenvalue weighted by atomic mass is 10.3. The SMILES string of the molecule is CCOc1ccc(NC(=O)Cn2ccc(N)n2)cc1F. The number of aromatic nitrogens is 2. The Bertz CT molecular complexity index is 612. The number of amides is 1. The van der Waals surface area contributed by atoms with Gasteiger partial charge in [-0.25, -0.2) is 4.39 Å². The monoisotopic (exact) mass is 278 g/mol. The highest BCUT2D eigenvalue weighted by Crippen LogP contribution is 2.21. The van der Waals surface area contributed by atoms with E-state index in [1.54, 1.807) is 25.3 Å². The van der Waals surface area contributed by atoms with E-state index in [-0.39, 0.29) is 18.2 Å². The second-order valence-corrected chi connectivity index (χ2v) is 4.06. The highest BCUT2D eigenvalue weighted by Gasteiger charge is 2.08. The fourth-order valence-electron chi connectivity index (χ4n) is 1.66. The number of hydrogen-bond donors (Lipinski definition) is 2. The van der Waals surface area contributed by atoms with Crippen molar-refractivity contribution >= 4 is 17.4 Å². The van der Waals surface area contributed by atoms with Crippen molar-refractivity contribution in [2.24, 2.45) is 0 Å². The Morgan fingerprint density at radius 1 is 1.50 bits per heavy atom. The zero-order chi connectivity index (χ0) is 14.5. The molecule has 0 aliphatic heterocycles. The van der Waals surface area contributed by atoms with Gasteiger partial charge in [-0.2, -0.15) is 5.10 Å². The molecule has 7 heteroatoms. The summed E-state index contributed by atoms with van der Waals surface area (Å²) in [6.45, 7) is 2.15. The van der Waals surface area contributed by atoms with Crippen molar-refractivity contribution in [2.75, 3.05) is 17.7 Å². The quantitative estimate of drug-likeness (QED) is 0.871. The highest BCUT2D eigenvalue weighted by molar-refractivity contribution is 5.90. The molecule has 1 heterocycles. The highest BCUT2D eigenvalue weighted by atomic mass is 19.1. The van der Waals surface area contributed by atoms with Gasteiger partial charge in [-0.3, -0.25) is 9.48 Å². The summed E-state index contributed by atoms with van der Waals surface area (Å²) in [7, 11) is 0. The second-order valence-electron chi connectivity index (χ2n) is 4.06. The maximum absolute atomic E-state index is 13.6. The van der Waals surface area contributed by atoms with Crippen molar-refractivity contribution < 1.29 is 13.9 Å². The summed E-state index contributed by atoms with van der Waals surface area (Å²) in [6, 6.07) is 5.84. The third-order valence-corrected chi connectivity index (χ3v) is 2.48. The van der Waals surface area contributed by atoms with Crippen molar-refractivity contribution in [3.63, 3.8) is 0 Å². The van der Waals surface area contributed by atoms with Crippen LogP contribution in [0.15, 0.2) is 30.5 Å². The molecule has 0 spiro atoms. The molecule has 106 valence electrons. The zero-order valence-electron chi connectivity index (χ0n) is 11.0. The van der Waals surface area contributed by atoms with Gasteiger partial charge in [0.25, 0.3) is 0 Å². The molecular formula is C13H15FN4O2. The number of carbonyl (C=O) groups excluding carboxylic acids is 1. The summed E-state index contributed by atoms with van der Waals surface area (Å²) in [6.07, 6.45) is 1.59. The maximum Gasteiger partial charge on any atom is 0.246 e. The fraction of sp³-hybridized carbons (Fsp3) is 0.231. The van der Waals surface area contributed by atoms with Crippen LogP contribution in [-0.2, 0) is 11.3 Å². The Morgan fingerprint density at radius 3 is 2.90 bits per heavy atom. The minimum absolute atomic E-state index is 0.00598. The summed E-state index contributed by atoms with van der Waals surface area (Å²) in [5, 5.41) is 6.46. The molecular weight excluding hydrogens is 263 g/mol. The number of hydrogen-bond acceptors (Lipinski definition) is 4. The molecule has 1 aromatic heterocycles. The first-order valence-corrected chi connectivity index (χ1v) is 6.09. The Hall–Kier alpha value is -2.57. The van der Waals surface area contributed by atoms with E-state index >= 15 is 0 Å². The van der Waals surface area contributed by atoms with Gasteiger partial charge >= 0.3 is 0 Å². The lowest BCUT2D eigenvalue weighted by molar-refractivity contribution is -0.116. The smallest absolute Gasteiger partial charge is 0.246 e. The molecule has 1 amide bonds. The topological polar surface area (TPSA) is 82.2 Å². The molecule has 20 heavy (non-hydrogen) atoms. The number of nitrogens with one attached hydrogen (secondary N) is 1. The normalized spacial score (nSPS) is 10.3. The van der Waals surface area contributed by atoms with Crippen LogP contribution in [0.2, 0.25) is 0 Å². The number of nitrogens with two attached hydrogens (primary N) is 1. The molecule has 6 nitrogen and oxygen atoms in total. The molecule has 2 aromatic rings. The Morgan fingerprint density at radius 2 is 2.30 bits per heavy atom. The van der Waals surface area contributed by atoms with Crippen LogP contribution >= 0.6 is 0 Å². The predicted molar refractivity (Wildman–Crippen MR) is 72.8 cm³/mol. The molecule has 0 atom stereocenters. The molecule has 2 rings (SSSR count). The first-order chi connectivity index (χ1) is 9.58. The van der Waals surface area contributed by atoms with E-state index < -0.39 is 5.82 Å². The van der Waals surface area contributed by atoms with Gasteiger partial charge in [0.15, 0.2) is 11.6 Å². The Labute approximate surface area is 115 Å². The summed E-state index contributed by atoms with van der Waals surface area (Å²) in [5.74, 6) is -0.347. The third kappa shape index (κ3) is 3.47. The van der Waals surface area contributed by atoms with Gasteiger partial charge in [-0.05, 0) is 25.1 Å². The largest absolute Gasteiger partial charge is 0.491 e. The second kappa shape index (κ2) is 6.05. The minimum atomic E-state index is -0.520. The van der Waals surface area contributed by atoms with Crippen LogP contribution in [0.4, 0.5) is 15.9 Å². The van der Waals surface area contributed by atoms with Gasteiger partial charge in [-0.1, -0.05) is 0 Å². The van der Waals surface area contributed by atoms with Gasteiger partial charge in [0.1, 0.15) is 12.4 Å². The summed E-state index contributed by atoms with van der Waals surface area (Å²) >= 11 is 0. The van der Waals surface area contributed by atoms with Gasteiger partial charge in [-0.15, -0.1) is 0 Å². The van der Waals surface area contributed by atoms with E-state index in [9.17, 15) is 9.18 Å². The van der Waals surface area contributed by atoms with E-state index in [1.807, 2.05) is 0 Å². The van der Waals surface area contributed by atoms with Crippen molar-refractivity contribution in [3.05, 3.63) is 36.3 Å². The lowest BCUT2D eigenvalue weighted by Crippen LogP contribution is -2.19. The zero-order valence-corrected chi connectivity index (χ0v) is 11.0. The number of halogens is 1. The maximum atomic E-state index is 13.6. The standard InChI is InChI=1S/C13H15FN4O2/c1-2-20-11-4-3-9(7-10(11)14)16-13(19)8-18-6-5-12(15)17-18/h3-7H,2,8H2,1H3,(H2,15,17)(H,16,19). The van der Waals surface area contributed by atoms with E-state index in [0.717, 1.165) is 0 Å². The molecule has 3 N–H and O–H groups in total. The minimum Gasteiger partial charge on any atom is -0.491 e. The van der Waals surface area contributed by atoms with Crippen LogP contribution in [0.25, 0.3) is 0 Å². The molecule has 0 unspecified atom stereocenters. The van der Waals surface area contributed by atoms with Crippen molar-refractivity contribution in [1.82, 2.24) is 9.78 Å². The summed E-state index contributed by atoms with van der Waals surface area (Å²) in [5.41, 5.74) is 5.80. The number of nitrogens with zero attached hydrogens (tertiary/aromatic N) is 2. The molecule has 0 saturated heterocycles. The van der Waals surface area contributed by atoms with Gasteiger partial charge in [0.05, 0.1) is 6.61 Å². The number of benzene rings is 1. The number of anilines is 2. The van der Waals surface area contributed by atoms with E-state index in [0.29, 0.717) is 18.1 Å². The molecule has 0 aliphatic carbocycles. The summed E-state index contributed by atoms with van der Waals surface area (Å²) < 4.78 is 20.1. The number of ether oxygens (including phenoxy) is 1. The van der Waals surface area contributed by atoms with Crippen LogP contribution < -0.4 is 15.8 Å². The van der Waals surface area contributed by atoms with E-state index in [2.05, 4.69) is 10.4 Å². The van der Waals surface area contributed by atoms with E-state index in [4.69, 9.17) is 10.5 Å². The van der Waals surface area contributed by atoms with Crippen LogP contribution in [0.1, 0.15) is 6.92 Å². The van der Waals surface area contributed by atoms with Gasteiger partial charge < -0.3 is 15.8 Å². The number of carbonyl (C=O) groups is 1. The van der Waals surface area contributed by atoms with Crippen LogP contribution in [0.3, 0.4) is 0 Å². The molecule has 1 aromatic carbocycles. The molecule has 0 saturated carbocycles. The first kappa shape index (κ1) is 13.9. The molecule has 0 radical (unpaired) electrons. The van der Waals surface area contributed by atoms with E-state index in [1.165, 1.54) is 16.8 Å². The lowest BCUT2D eigenvalue weighted by Gasteiger charge is -2.08. The Kier molecular flexibility index (Phi) is 4.19. The van der Waals surface area contributed by atoms with Crippen molar-refractivity contribution in [2.45, 2.75) is 13.5 Å². The number of nitrogen functional groups attached to an aromatic ring is 1. The average Bonchev–Trinajstić information content (AvgIpc) is 2.78. The van der Waals surface area contributed by atoms with Crippen molar-refractivity contribution in [3.8, 4) is 5.75 Å². The third-order valence-electron chi connectivity index (χ3n) is 2.48. The number of rotatable bonds is 5. The van der Waals surface area contributed by atoms with Gasteiger partial charge in [0.2, 0.25) is 5.91 Å². The molecule has 0 bridgehead atoms. The molecule has 0 aliphatic rings. The van der Waals surface area contributed by atoms with Gasteiger partial charge in [0, 0.05) is 18.0 Å². The average molecular weight is 278 g/mol. The van der Waals surface area contributed by atoms with Crippen LogP contribution in [-0.4, -0.2) is 22.3 Å². The fourth-order valence-corrected chi connectivity index (χ4v) is 1.66. The molecule has 0 fully saturated rings. The summed E-state index contributed by atoms with van der Waals surface area (Å²) in [4.78, 5) is 11.7.